The van der Waals surface area contributed by atoms with Gasteiger partial charge >= 0.3 is 6.03 Å². The molecule has 0 aliphatic carbocycles. The van der Waals surface area contributed by atoms with Gasteiger partial charge in [-0.3, -0.25) is 0 Å². The summed E-state index contributed by atoms with van der Waals surface area (Å²) >= 11 is 1.34. The predicted octanol–water partition coefficient (Wildman–Crippen LogP) is 2.76. The first-order valence-corrected chi connectivity index (χ1v) is 8.37. The van der Waals surface area contributed by atoms with Gasteiger partial charge < -0.3 is 10.2 Å². The number of benzene rings is 1. The number of hydrogen-bond donors (Lipinski definition) is 1. The monoisotopic (exact) mass is 316 g/mol. The molecular weight excluding hydrogens is 296 g/mol. The molecule has 0 saturated carbocycles. The van der Waals surface area contributed by atoms with Crippen molar-refractivity contribution < 1.29 is 4.79 Å². The molecule has 0 bridgehead atoms. The lowest BCUT2D eigenvalue weighted by molar-refractivity contribution is 0.192. The molecule has 1 unspecified atom stereocenters. The number of carbonyl (C=O) groups excluding carboxylic acids is 1. The second-order valence-corrected chi connectivity index (χ2v) is 6.46. The maximum Gasteiger partial charge on any atom is 0.317 e. The third-order valence-electron chi connectivity index (χ3n) is 4.10. The van der Waals surface area contributed by atoms with Crippen LogP contribution in [-0.2, 0) is 13.0 Å². The Kier molecular flexibility index (Phi) is 4.68. The average Bonchev–Trinajstić information content (AvgIpc) is 3.15. The highest BCUT2D eigenvalue weighted by Gasteiger charge is 2.28. The first kappa shape index (κ1) is 15.0. The number of likely N-dealkylation sites (tertiary alicyclic amines) is 1. The second kappa shape index (κ2) is 6.87. The van der Waals surface area contributed by atoms with Gasteiger partial charge in [-0.1, -0.05) is 34.8 Å². The van der Waals surface area contributed by atoms with Crippen LogP contribution in [0.4, 0.5) is 4.79 Å². The maximum atomic E-state index is 12.4. The predicted molar refractivity (Wildman–Crippen MR) is 86.8 cm³/mol. The molecule has 6 heteroatoms. The largest absolute Gasteiger partial charge is 0.333 e. The highest BCUT2D eigenvalue weighted by atomic mass is 32.1. The molecule has 1 atom stereocenters. The summed E-state index contributed by atoms with van der Waals surface area (Å²) in [5.41, 5.74) is 2.18. The molecule has 1 aromatic carbocycles. The van der Waals surface area contributed by atoms with E-state index in [4.69, 9.17) is 0 Å². The number of carbonyl (C=O) groups is 1. The summed E-state index contributed by atoms with van der Waals surface area (Å²) in [6.07, 6.45) is 3.07. The first-order valence-electron chi connectivity index (χ1n) is 7.60. The number of urea groups is 1. The highest BCUT2D eigenvalue weighted by molar-refractivity contribution is 7.05. The van der Waals surface area contributed by atoms with E-state index < -0.39 is 0 Å². The molecule has 1 aromatic heterocycles. The smallest absolute Gasteiger partial charge is 0.317 e. The maximum absolute atomic E-state index is 12.4. The molecule has 0 radical (unpaired) electrons. The zero-order chi connectivity index (χ0) is 15.4. The normalized spacial score (nSPS) is 17.7. The van der Waals surface area contributed by atoms with Gasteiger partial charge in [-0.25, -0.2) is 4.79 Å². The van der Waals surface area contributed by atoms with Gasteiger partial charge in [0.05, 0.1) is 17.1 Å². The number of rotatable bonds is 4. The van der Waals surface area contributed by atoms with Crippen molar-refractivity contribution in [2.75, 3.05) is 6.54 Å². The van der Waals surface area contributed by atoms with Gasteiger partial charge in [0.15, 0.2) is 0 Å². The van der Waals surface area contributed by atoms with Crippen LogP contribution in [-0.4, -0.2) is 33.1 Å². The van der Waals surface area contributed by atoms with Crippen molar-refractivity contribution in [2.24, 2.45) is 0 Å². The molecule has 2 amide bonds. The fourth-order valence-corrected chi connectivity index (χ4v) is 3.44. The van der Waals surface area contributed by atoms with Gasteiger partial charge in [0, 0.05) is 12.6 Å². The SMILES string of the molecule is Cc1nnsc1CNC(=O)N1CCCC1Cc1ccccc1. The second-order valence-electron chi connectivity index (χ2n) is 5.62. The van der Waals surface area contributed by atoms with E-state index in [0.29, 0.717) is 12.6 Å². The van der Waals surface area contributed by atoms with Crippen molar-refractivity contribution in [3.63, 3.8) is 0 Å². The summed E-state index contributed by atoms with van der Waals surface area (Å²) in [6.45, 7) is 3.26. The van der Waals surface area contributed by atoms with Crippen LogP contribution in [0.3, 0.4) is 0 Å². The minimum absolute atomic E-state index is 0.0197. The summed E-state index contributed by atoms with van der Waals surface area (Å²) in [4.78, 5) is 15.4. The lowest BCUT2D eigenvalue weighted by Crippen LogP contribution is -2.43. The summed E-state index contributed by atoms with van der Waals surface area (Å²) in [6, 6.07) is 10.7. The van der Waals surface area contributed by atoms with E-state index in [-0.39, 0.29) is 6.03 Å². The van der Waals surface area contributed by atoms with E-state index in [1.165, 1.54) is 17.1 Å². The molecule has 3 rings (SSSR count). The van der Waals surface area contributed by atoms with Gasteiger partial charge in [-0.15, -0.1) is 5.10 Å². The number of hydrogen-bond acceptors (Lipinski definition) is 4. The van der Waals surface area contributed by atoms with Crippen LogP contribution in [0.2, 0.25) is 0 Å². The van der Waals surface area contributed by atoms with Crippen LogP contribution >= 0.6 is 11.5 Å². The van der Waals surface area contributed by atoms with Crippen LogP contribution in [0.15, 0.2) is 30.3 Å². The van der Waals surface area contributed by atoms with E-state index >= 15 is 0 Å². The van der Waals surface area contributed by atoms with E-state index in [1.54, 1.807) is 0 Å². The quantitative estimate of drug-likeness (QED) is 0.943. The summed E-state index contributed by atoms with van der Waals surface area (Å²) < 4.78 is 3.89. The molecule has 22 heavy (non-hydrogen) atoms. The Labute approximate surface area is 134 Å². The molecular formula is C16H20N4OS. The Morgan fingerprint density at radius 2 is 2.23 bits per heavy atom. The van der Waals surface area contributed by atoms with Crippen molar-refractivity contribution in [3.05, 3.63) is 46.5 Å². The summed E-state index contributed by atoms with van der Waals surface area (Å²) in [5.74, 6) is 0. The van der Waals surface area contributed by atoms with Crippen molar-refractivity contribution in [2.45, 2.75) is 38.8 Å². The van der Waals surface area contributed by atoms with Crippen LogP contribution in [0.1, 0.15) is 29.0 Å². The number of nitrogens with zero attached hydrogens (tertiary/aromatic N) is 3. The summed E-state index contributed by atoms with van der Waals surface area (Å²) in [5, 5.41) is 6.97. The molecule has 1 N–H and O–H groups in total. The molecule has 1 fully saturated rings. The number of aryl methyl sites for hydroxylation is 1. The Hall–Kier alpha value is -1.95. The van der Waals surface area contributed by atoms with Gasteiger partial charge in [0.25, 0.3) is 0 Å². The van der Waals surface area contributed by atoms with Crippen LogP contribution in [0.25, 0.3) is 0 Å². The average molecular weight is 316 g/mol. The van der Waals surface area contributed by atoms with Gasteiger partial charge in [0.2, 0.25) is 0 Å². The minimum atomic E-state index is 0.0197. The van der Waals surface area contributed by atoms with E-state index in [9.17, 15) is 4.79 Å². The molecule has 1 saturated heterocycles. The third-order valence-corrected chi connectivity index (χ3v) is 4.92. The molecule has 2 aromatic rings. The van der Waals surface area contributed by atoms with Crippen molar-refractivity contribution in [1.29, 1.82) is 0 Å². The third kappa shape index (κ3) is 3.44. The topological polar surface area (TPSA) is 58.1 Å². The van der Waals surface area contributed by atoms with E-state index in [0.717, 1.165) is 36.4 Å². The number of nitrogens with one attached hydrogen (secondary N) is 1. The Morgan fingerprint density at radius 3 is 2.95 bits per heavy atom. The van der Waals surface area contributed by atoms with E-state index in [1.807, 2.05) is 30.0 Å². The Balaban J connectivity index is 1.58. The summed E-state index contributed by atoms with van der Waals surface area (Å²) in [7, 11) is 0. The molecule has 1 aliphatic heterocycles. The lowest BCUT2D eigenvalue weighted by atomic mass is 10.0. The Morgan fingerprint density at radius 1 is 1.41 bits per heavy atom. The zero-order valence-corrected chi connectivity index (χ0v) is 13.5. The molecule has 0 spiro atoms. The van der Waals surface area contributed by atoms with Crippen molar-refractivity contribution in [1.82, 2.24) is 19.8 Å². The van der Waals surface area contributed by atoms with Gasteiger partial charge in [0.1, 0.15) is 0 Å². The zero-order valence-electron chi connectivity index (χ0n) is 12.7. The highest BCUT2D eigenvalue weighted by Crippen LogP contribution is 2.21. The number of aromatic nitrogens is 2. The number of amides is 2. The van der Waals surface area contributed by atoms with Crippen LogP contribution < -0.4 is 5.32 Å². The molecule has 116 valence electrons. The Bertz CT molecular complexity index is 628. The fourth-order valence-electron chi connectivity index (χ4n) is 2.87. The van der Waals surface area contributed by atoms with Crippen molar-refractivity contribution >= 4 is 17.6 Å². The first-order chi connectivity index (χ1) is 10.7. The molecule has 5 nitrogen and oxygen atoms in total. The molecule has 1 aliphatic rings. The standard InChI is InChI=1S/C16H20N4OS/c1-12-15(22-19-18-12)11-17-16(21)20-9-5-8-14(20)10-13-6-3-2-4-7-13/h2-4,6-7,14H,5,8-11H2,1H3,(H,17,21). The van der Waals surface area contributed by atoms with E-state index in [2.05, 4.69) is 27.0 Å². The van der Waals surface area contributed by atoms with Gasteiger partial charge in [-0.05, 0) is 43.3 Å². The lowest BCUT2D eigenvalue weighted by Gasteiger charge is -2.25. The minimum Gasteiger partial charge on any atom is -0.333 e. The van der Waals surface area contributed by atoms with Crippen LogP contribution in [0, 0.1) is 6.92 Å². The van der Waals surface area contributed by atoms with Crippen LogP contribution in [0.5, 0.6) is 0 Å². The van der Waals surface area contributed by atoms with Gasteiger partial charge in [-0.2, -0.15) is 0 Å². The molecule has 2 heterocycles. The van der Waals surface area contributed by atoms with Crippen molar-refractivity contribution in [3.8, 4) is 0 Å². The fraction of sp³-hybridized carbons (Fsp3) is 0.438.